The first-order valence-corrected chi connectivity index (χ1v) is 11.8. The number of rotatable bonds is 8. The highest BCUT2D eigenvalue weighted by atomic mass is 19.1. The van der Waals surface area contributed by atoms with Gasteiger partial charge >= 0.3 is 0 Å². The lowest BCUT2D eigenvalue weighted by Crippen LogP contribution is -2.55. The van der Waals surface area contributed by atoms with Crippen LogP contribution in [0.2, 0.25) is 6.82 Å². The zero-order valence-electron chi connectivity index (χ0n) is 19.6. The maximum atomic E-state index is 15.6. The first-order valence-electron chi connectivity index (χ1n) is 11.8. The van der Waals surface area contributed by atoms with Crippen LogP contribution in [0.15, 0.2) is 41.9 Å². The lowest BCUT2D eigenvalue weighted by Gasteiger charge is -2.40. The number of benzene rings is 1. The summed E-state index contributed by atoms with van der Waals surface area (Å²) in [4.78, 5) is 16.8. The quantitative estimate of drug-likeness (QED) is 0.470. The molecule has 0 aliphatic carbocycles. The third kappa shape index (κ3) is 6.73. The van der Waals surface area contributed by atoms with Crippen molar-refractivity contribution in [3.05, 3.63) is 59.1 Å². The van der Waals surface area contributed by atoms with Gasteiger partial charge < -0.3 is 10.2 Å². The van der Waals surface area contributed by atoms with Gasteiger partial charge in [0.25, 0.3) is 5.91 Å². The summed E-state index contributed by atoms with van der Waals surface area (Å²) in [5.41, 5.74) is -0.610. The zero-order valence-corrected chi connectivity index (χ0v) is 19.6. The summed E-state index contributed by atoms with van der Waals surface area (Å²) < 4.78 is 43.2. The number of hydrogen-bond donors (Lipinski definition) is 1. The first kappa shape index (κ1) is 25.6. The number of alkyl halides is 1. The van der Waals surface area contributed by atoms with Crippen molar-refractivity contribution in [1.82, 2.24) is 15.1 Å². The summed E-state index contributed by atoms with van der Waals surface area (Å²) in [6.07, 6.45) is 5.79. The first-order chi connectivity index (χ1) is 15.9. The highest BCUT2D eigenvalue weighted by molar-refractivity contribution is 6.40. The van der Waals surface area contributed by atoms with Crippen molar-refractivity contribution in [2.24, 2.45) is 0 Å². The highest BCUT2D eigenvalue weighted by Crippen LogP contribution is 2.30. The predicted octanol–water partition coefficient (Wildman–Crippen LogP) is 4.06. The van der Waals surface area contributed by atoms with Crippen LogP contribution in [0.4, 0.5) is 13.2 Å². The molecule has 2 saturated heterocycles. The van der Waals surface area contributed by atoms with E-state index in [9.17, 15) is 13.6 Å². The number of carbonyl (C=O) groups excluding carboxylic acids is 1. The Kier molecular flexibility index (Phi) is 9.21. The molecule has 0 aromatic heterocycles. The van der Waals surface area contributed by atoms with Gasteiger partial charge in [-0.25, -0.2) is 13.2 Å². The minimum atomic E-state index is -1.81. The monoisotopic (exact) mass is 460 g/mol. The van der Waals surface area contributed by atoms with E-state index in [1.165, 1.54) is 23.8 Å². The number of amides is 1. The van der Waals surface area contributed by atoms with Crippen LogP contribution in [0, 0.1) is 11.6 Å². The van der Waals surface area contributed by atoms with E-state index >= 15 is 4.39 Å². The van der Waals surface area contributed by atoms with E-state index < -0.39 is 23.2 Å². The molecule has 0 bridgehead atoms. The number of hydrogen-bond acceptors (Lipinski definition) is 3. The lowest BCUT2D eigenvalue weighted by atomic mass is 9.82. The molecule has 1 amide bonds. The van der Waals surface area contributed by atoms with Crippen molar-refractivity contribution < 1.29 is 18.0 Å². The zero-order chi connectivity index (χ0) is 23.8. The van der Waals surface area contributed by atoms with Crippen LogP contribution in [-0.4, -0.2) is 67.4 Å². The van der Waals surface area contributed by atoms with Crippen LogP contribution in [-0.2, 0) is 11.3 Å². The molecule has 2 fully saturated rings. The van der Waals surface area contributed by atoms with E-state index in [1.807, 2.05) is 27.0 Å². The second kappa shape index (κ2) is 11.9. The van der Waals surface area contributed by atoms with Gasteiger partial charge in [0, 0.05) is 63.7 Å². The predicted molar refractivity (Wildman–Crippen MR) is 127 cm³/mol. The normalized spacial score (nSPS) is 20.4. The third-order valence-electron chi connectivity index (χ3n) is 6.72. The number of carbonyl (C=O) groups is 1. The highest BCUT2D eigenvalue weighted by Gasteiger charge is 2.44. The molecule has 0 saturated carbocycles. The molecule has 33 heavy (non-hydrogen) atoms. The molecule has 0 unspecified atom stereocenters. The Bertz CT molecular complexity index is 840. The number of nitrogens with one attached hydrogen (secondary N) is 1. The van der Waals surface area contributed by atoms with Crippen LogP contribution in [0.1, 0.15) is 38.2 Å². The van der Waals surface area contributed by atoms with Crippen LogP contribution >= 0.6 is 0 Å². The number of piperidine rings is 2. The smallest absolute Gasteiger partial charge is 0.260 e. The summed E-state index contributed by atoms with van der Waals surface area (Å²) in [6.45, 7) is 6.82. The van der Waals surface area contributed by atoms with Crippen LogP contribution in [0.3, 0.4) is 0 Å². The Labute approximate surface area is 196 Å². The number of halogens is 3. The second-order valence-electron chi connectivity index (χ2n) is 8.95. The van der Waals surface area contributed by atoms with Crippen LogP contribution < -0.4 is 5.32 Å². The average molecular weight is 460 g/mol. The van der Waals surface area contributed by atoms with E-state index in [4.69, 9.17) is 0 Å². The molecular formula is C25H34BF3N3O. The molecular weight excluding hydrogens is 426 g/mol. The fourth-order valence-electron chi connectivity index (χ4n) is 4.52. The van der Waals surface area contributed by atoms with Gasteiger partial charge in [-0.05, 0) is 37.5 Å². The molecule has 8 heteroatoms. The summed E-state index contributed by atoms with van der Waals surface area (Å²) >= 11 is 0. The van der Waals surface area contributed by atoms with E-state index in [0.29, 0.717) is 39.0 Å². The van der Waals surface area contributed by atoms with E-state index in [0.717, 1.165) is 6.54 Å². The molecule has 2 aliphatic heterocycles. The van der Waals surface area contributed by atoms with Crippen LogP contribution in [0.5, 0.6) is 0 Å². The second-order valence-corrected chi connectivity index (χ2v) is 8.95. The van der Waals surface area contributed by atoms with Crippen molar-refractivity contribution in [2.75, 3.05) is 32.7 Å². The number of likely N-dealkylation sites (tertiary alicyclic amines) is 2. The van der Waals surface area contributed by atoms with Crippen molar-refractivity contribution in [3.63, 3.8) is 0 Å². The Balaban J connectivity index is 1.45. The van der Waals surface area contributed by atoms with Crippen molar-refractivity contribution in [1.29, 1.82) is 0 Å². The largest absolute Gasteiger partial charge is 0.340 e. The third-order valence-corrected chi connectivity index (χ3v) is 6.72. The van der Waals surface area contributed by atoms with Gasteiger partial charge in [0.2, 0.25) is 0 Å². The Morgan fingerprint density at radius 2 is 1.82 bits per heavy atom. The molecule has 4 nitrogen and oxygen atoms in total. The Morgan fingerprint density at radius 1 is 1.18 bits per heavy atom. The summed E-state index contributed by atoms with van der Waals surface area (Å²) in [5, 5.41) is 3.18. The SMILES string of the molecule is C[B]/C=C\C(=C/C)CN1CCC(F)(C(=O)N2CCC(NCc3c(F)cccc3F)CC2)CC1. The Morgan fingerprint density at radius 3 is 2.39 bits per heavy atom. The van der Waals surface area contributed by atoms with Gasteiger partial charge in [0.05, 0.1) is 0 Å². The van der Waals surface area contributed by atoms with Crippen LogP contribution in [0.25, 0.3) is 0 Å². The topological polar surface area (TPSA) is 35.6 Å². The number of nitrogens with zero attached hydrogens (tertiary/aromatic N) is 2. The summed E-state index contributed by atoms with van der Waals surface area (Å²) in [6, 6.07) is 3.87. The number of allylic oxidation sites excluding steroid dienone is 1. The summed E-state index contributed by atoms with van der Waals surface area (Å²) in [7, 11) is 1.97. The molecule has 0 atom stereocenters. The molecule has 1 aromatic rings. The molecule has 0 spiro atoms. The molecule has 2 heterocycles. The molecule has 3 rings (SSSR count). The van der Waals surface area contributed by atoms with E-state index in [-0.39, 0.29) is 31.0 Å². The standard InChI is InChI=1S/C25H34BF3N3O/c1-3-19(7-12-26-2)18-31-15-10-25(29,11-16-31)24(33)32-13-8-20(9-14-32)30-17-21-22(27)5-4-6-23(21)28/h3-7,12,20,30H,8-11,13-18H2,1-2H3/b12-7-,19-3+. The fraction of sp³-hybridized carbons (Fsp3) is 0.560. The van der Waals surface area contributed by atoms with Crippen molar-refractivity contribution in [3.8, 4) is 0 Å². The maximum Gasteiger partial charge on any atom is 0.260 e. The van der Waals surface area contributed by atoms with Gasteiger partial charge in [-0.2, -0.15) is 0 Å². The van der Waals surface area contributed by atoms with Gasteiger partial charge in [-0.1, -0.05) is 25.0 Å². The van der Waals surface area contributed by atoms with Crippen molar-refractivity contribution in [2.45, 2.75) is 57.7 Å². The van der Waals surface area contributed by atoms with Gasteiger partial charge in [-0.3, -0.25) is 9.69 Å². The van der Waals surface area contributed by atoms with Gasteiger partial charge in [0.1, 0.15) is 18.9 Å². The Hall–Kier alpha value is -2.06. The maximum absolute atomic E-state index is 15.6. The van der Waals surface area contributed by atoms with E-state index in [1.54, 1.807) is 4.90 Å². The minimum absolute atomic E-state index is 0.0230. The molecule has 179 valence electrons. The summed E-state index contributed by atoms with van der Waals surface area (Å²) in [5.74, 6) is 0.449. The van der Waals surface area contributed by atoms with Gasteiger partial charge in [0.15, 0.2) is 5.67 Å². The lowest BCUT2D eigenvalue weighted by molar-refractivity contribution is -0.148. The minimum Gasteiger partial charge on any atom is -0.340 e. The van der Waals surface area contributed by atoms with Crippen molar-refractivity contribution >= 4 is 13.2 Å². The molecule has 1 N–H and O–H groups in total. The van der Waals surface area contributed by atoms with E-state index in [2.05, 4.69) is 22.4 Å². The molecule has 2 aliphatic rings. The molecule has 1 radical (unpaired) electrons. The van der Waals surface area contributed by atoms with Gasteiger partial charge in [-0.15, -0.1) is 5.98 Å². The molecule has 1 aromatic carbocycles. The average Bonchev–Trinajstić information content (AvgIpc) is 2.82. The fourth-order valence-corrected chi connectivity index (χ4v) is 4.52.